The van der Waals surface area contributed by atoms with Crippen LogP contribution in [0.25, 0.3) is 0 Å². The number of thioether (sulfide) groups is 1. The van der Waals surface area contributed by atoms with Crippen molar-refractivity contribution in [1.29, 1.82) is 5.26 Å². The minimum absolute atomic E-state index is 0.188. The quantitative estimate of drug-likeness (QED) is 0.536. The number of benzene rings is 1. The van der Waals surface area contributed by atoms with Crippen molar-refractivity contribution < 1.29 is 19.1 Å². The van der Waals surface area contributed by atoms with Gasteiger partial charge in [0.25, 0.3) is 11.8 Å². The van der Waals surface area contributed by atoms with Crippen LogP contribution in [0.1, 0.15) is 22.5 Å². The molecule has 2 aromatic rings. The van der Waals surface area contributed by atoms with E-state index >= 15 is 0 Å². The molecule has 2 heterocycles. The Morgan fingerprint density at radius 3 is 2.86 bits per heavy atom. The van der Waals surface area contributed by atoms with E-state index in [0.29, 0.717) is 30.0 Å². The molecule has 1 aliphatic rings. The lowest BCUT2D eigenvalue weighted by Crippen LogP contribution is -2.41. The third-order valence-electron chi connectivity index (χ3n) is 4.32. The van der Waals surface area contributed by atoms with E-state index in [1.165, 1.54) is 28.0 Å². The first-order valence-corrected chi connectivity index (χ1v) is 10.9. The lowest BCUT2D eigenvalue weighted by Gasteiger charge is -2.22. The number of nitriles is 1. The number of esters is 1. The molecular weight excluding hydrogens is 410 g/mol. The highest BCUT2D eigenvalue weighted by Crippen LogP contribution is 2.27. The van der Waals surface area contributed by atoms with E-state index < -0.39 is 24.5 Å². The summed E-state index contributed by atoms with van der Waals surface area (Å²) in [4.78, 5) is 40.1. The molecule has 2 amide bonds. The lowest BCUT2D eigenvalue weighted by molar-refractivity contribution is -0.151. The number of ether oxygens (including phenoxy) is 1. The number of hydrogen-bond acceptors (Lipinski definition) is 7. The molecule has 9 heteroatoms. The second-order valence-electron chi connectivity index (χ2n) is 6.23. The summed E-state index contributed by atoms with van der Waals surface area (Å²) in [6, 6.07) is 12.0. The van der Waals surface area contributed by atoms with Gasteiger partial charge in [-0.3, -0.25) is 9.59 Å². The normalized spacial score (nSPS) is 15.6. The summed E-state index contributed by atoms with van der Waals surface area (Å²) in [5, 5.41) is 13.2. The van der Waals surface area contributed by atoms with Gasteiger partial charge >= 0.3 is 5.97 Å². The van der Waals surface area contributed by atoms with Crippen molar-refractivity contribution in [2.45, 2.75) is 23.8 Å². The molecule has 7 nitrogen and oxygen atoms in total. The number of carbonyl (C=O) groups is 3. The average Bonchev–Trinajstić information content (AvgIpc) is 3.43. The molecule has 1 N–H and O–H groups in total. The van der Waals surface area contributed by atoms with Crippen molar-refractivity contribution >= 4 is 46.6 Å². The Hall–Kier alpha value is -2.83. The Morgan fingerprint density at radius 1 is 1.28 bits per heavy atom. The number of rotatable bonds is 7. The van der Waals surface area contributed by atoms with Gasteiger partial charge in [0.05, 0.1) is 22.4 Å². The topological polar surface area (TPSA) is 99.5 Å². The molecule has 0 spiro atoms. The second kappa shape index (κ2) is 10.1. The van der Waals surface area contributed by atoms with E-state index in [9.17, 15) is 14.4 Å². The van der Waals surface area contributed by atoms with Crippen LogP contribution in [-0.4, -0.2) is 47.6 Å². The molecule has 0 radical (unpaired) electrons. The number of anilines is 1. The number of likely N-dealkylation sites (tertiary alicyclic amines) is 1. The summed E-state index contributed by atoms with van der Waals surface area (Å²) in [5.41, 5.74) is 0.559. The molecule has 1 saturated heterocycles. The Morgan fingerprint density at radius 2 is 2.10 bits per heavy atom. The van der Waals surface area contributed by atoms with Crippen molar-refractivity contribution in [3.63, 3.8) is 0 Å². The lowest BCUT2D eigenvalue weighted by atomic mass is 10.2. The van der Waals surface area contributed by atoms with Crippen LogP contribution in [0.5, 0.6) is 0 Å². The molecule has 0 bridgehead atoms. The van der Waals surface area contributed by atoms with Crippen molar-refractivity contribution in [2.24, 2.45) is 0 Å². The summed E-state index contributed by atoms with van der Waals surface area (Å²) >= 11 is 2.64. The first kappa shape index (κ1) is 20.9. The fraction of sp³-hybridized carbons (Fsp3) is 0.300. The van der Waals surface area contributed by atoms with Gasteiger partial charge in [-0.05, 0) is 36.4 Å². The number of hydrogen-bond donors (Lipinski definition) is 1. The number of carbonyl (C=O) groups excluding carboxylic acids is 3. The van der Waals surface area contributed by atoms with Crippen LogP contribution in [0.2, 0.25) is 0 Å². The summed E-state index contributed by atoms with van der Waals surface area (Å²) in [7, 11) is 0. The van der Waals surface area contributed by atoms with E-state index in [4.69, 9.17) is 10.00 Å². The van der Waals surface area contributed by atoms with Gasteiger partial charge in [-0.1, -0.05) is 18.2 Å². The van der Waals surface area contributed by atoms with Crippen molar-refractivity contribution in [3.05, 3.63) is 46.7 Å². The van der Waals surface area contributed by atoms with E-state index in [0.717, 1.165) is 4.90 Å². The van der Waals surface area contributed by atoms with Crippen LogP contribution >= 0.6 is 23.1 Å². The van der Waals surface area contributed by atoms with Gasteiger partial charge in [0.1, 0.15) is 6.04 Å². The predicted octanol–water partition coefficient (Wildman–Crippen LogP) is 3.15. The van der Waals surface area contributed by atoms with E-state index in [1.54, 1.807) is 30.3 Å². The molecule has 3 rings (SSSR count). The Balaban J connectivity index is 1.54. The van der Waals surface area contributed by atoms with Gasteiger partial charge in [0.15, 0.2) is 6.61 Å². The first-order chi connectivity index (χ1) is 14.1. The molecule has 0 aliphatic carbocycles. The highest BCUT2D eigenvalue weighted by molar-refractivity contribution is 7.99. The van der Waals surface area contributed by atoms with E-state index in [2.05, 4.69) is 5.32 Å². The fourth-order valence-corrected chi connectivity index (χ4v) is 4.37. The molecule has 1 aliphatic heterocycles. The fourth-order valence-electron chi connectivity index (χ4n) is 3.02. The van der Waals surface area contributed by atoms with Gasteiger partial charge in [-0.2, -0.15) is 5.26 Å². The number of para-hydroxylation sites is 1. The minimum atomic E-state index is -0.670. The standard InChI is InChI=1S/C20H19N3O4S2/c21-9-12-29-16-7-2-1-5-14(16)22-18(24)13-27-20(26)15-6-3-10-23(15)19(25)17-8-4-11-28-17/h1-2,4-5,7-8,11,15H,3,6,10,12-13H2,(H,22,24)/t15-/m0/s1. The largest absolute Gasteiger partial charge is 0.454 e. The van der Waals surface area contributed by atoms with Gasteiger partial charge in [0.2, 0.25) is 0 Å². The molecule has 29 heavy (non-hydrogen) atoms. The SMILES string of the molecule is N#CCSc1ccccc1NC(=O)COC(=O)[C@@H]1CCCN1C(=O)c1cccs1. The minimum Gasteiger partial charge on any atom is -0.454 e. The van der Waals surface area contributed by atoms with E-state index in [-0.39, 0.29) is 11.7 Å². The molecule has 1 fully saturated rings. The zero-order chi connectivity index (χ0) is 20.6. The van der Waals surface area contributed by atoms with Gasteiger partial charge < -0.3 is 15.0 Å². The summed E-state index contributed by atoms with van der Waals surface area (Å²) < 4.78 is 5.18. The number of nitrogens with one attached hydrogen (secondary N) is 1. The van der Waals surface area contributed by atoms with Crippen LogP contribution in [0.15, 0.2) is 46.7 Å². The molecule has 1 atom stereocenters. The molecule has 1 aromatic heterocycles. The van der Waals surface area contributed by atoms with Crippen molar-refractivity contribution in [1.82, 2.24) is 4.90 Å². The van der Waals surface area contributed by atoms with Crippen molar-refractivity contribution in [2.75, 3.05) is 24.2 Å². The monoisotopic (exact) mass is 429 g/mol. The summed E-state index contributed by atoms with van der Waals surface area (Å²) in [6.07, 6.45) is 1.23. The van der Waals surface area contributed by atoms with Gasteiger partial charge in [-0.15, -0.1) is 23.1 Å². The maximum Gasteiger partial charge on any atom is 0.329 e. The number of amides is 2. The van der Waals surface area contributed by atoms with Crippen LogP contribution in [0.3, 0.4) is 0 Å². The third-order valence-corrected chi connectivity index (χ3v) is 6.11. The zero-order valence-corrected chi connectivity index (χ0v) is 17.1. The molecular formula is C20H19N3O4S2. The molecule has 0 unspecified atom stereocenters. The average molecular weight is 430 g/mol. The molecule has 150 valence electrons. The Labute approximate surface area is 176 Å². The van der Waals surface area contributed by atoms with E-state index in [1.807, 2.05) is 17.5 Å². The summed E-state index contributed by atoms with van der Waals surface area (Å²) in [6.45, 7) is 0.0554. The molecule has 0 saturated carbocycles. The summed E-state index contributed by atoms with van der Waals surface area (Å²) in [5.74, 6) is -0.975. The number of nitrogens with zero attached hydrogens (tertiary/aromatic N) is 2. The molecule has 1 aromatic carbocycles. The zero-order valence-electron chi connectivity index (χ0n) is 15.5. The van der Waals surface area contributed by atoms with Gasteiger partial charge in [0, 0.05) is 11.4 Å². The van der Waals surface area contributed by atoms with Crippen LogP contribution < -0.4 is 5.32 Å². The second-order valence-corrected chi connectivity index (χ2v) is 8.20. The van der Waals surface area contributed by atoms with Crippen LogP contribution in [0, 0.1) is 11.3 Å². The van der Waals surface area contributed by atoms with Crippen molar-refractivity contribution in [3.8, 4) is 6.07 Å². The van der Waals surface area contributed by atoms with Crippen LogP contribution in [0.4, 0.5) is 5.69 Å². The van der Waals surface area contributed by atoms with Gasteiger partial charge in [-0.25, -0.2) is 4.79 Å². The highest BCUT2D eigenvalue weighted by Gasteiger charge is 2.36. The third kappa shape index (κ3) is 5.37. The highest BCUT2D eigenvalue weighted by atomic mass is 32.2. The number of thiophene rings is 1. The maximum absolute atomic E-state index is 12.6. The first-order valence-electron chi connectivity index (χ1n) is 9.00. The maximum atomic E-state index is 12.6. The Bertz CT molecular complexity index is 924. The Kier molecular flexibility index (Phi) is 7.27. The smallest absolute Gasteiger partial charge is 0.329 e. The predicted molar refractivity (Wildman–Crippen MR) is 111 cm³/mol. The van der Waals surface area contributed by atoms with Crippen LogP contribution in [-0.2, 0) is 14.3 Å².